The van der Waals surface area contributed by atoms with E-state index < -0.39 is 11.7 Å². The zero-order chi connectivity index (χ0) is 10.3. The van der Waals surface area contributed by atoms with Gasteiger partial charge in [0, 0.05) is 18.6 Å². The molecule has 3 nitrogen and oxygen atoms in total. The summed E-state index contributed by atoms with van der Waals surface area (Å²) in [6.07, 6.45) is -0.613. The van der Waals surface area contributed by atoms with E-state index in [0.717, 1.165) is 12.3 Å². The summed E-state index contributed by atoms with van der Waals surface area (Å²) in [6, 6.07) is 0.877. The summed E-state index contributed by atoms with van der Waals surface area (Å²) in [4.78, 5) is 3.81. The van der Waals surface area contributed by atoms with Crippen LogP contribution in [0.4, 0.5) is 18.9 Å². The fourth-order valence-electron chi connectivity index (χ4n) is 1.22. The molecule has 0 saturated heterocycles. The molecule has 74 valence electrons. The molecule has 0 spiro atoms. The van der Waals surface area contributed by atoms with Crippen LogP contribution in [0.2, 0.25) is 0 Å². The van der Waals surface area contributed by atoms with E-state index in [-0.39, 0.29) is 5.69 Å². The SMILES string of the molecule is Nc1cc(C(F)(F)F)cn2ccnc12. The number of pyridine rings is 1. The minimum absolute atomic E-state index is 0.0184. The summed E-state index contributed by atoms with van der Waals surface area (Å²) in [6.45, 7) is 0. The van der Waals surface area contributed by atoms with Gasteiger partial charge in [0.2, 0.25) is 0 Å². The van der Waals surface area contributed by atoms with Gasteiger partial charge in [0.05, 0.1) is 11.3 Å². The number of imidazole rings is 1. The highest BCUT2D eigenvalue weighted by Crippen LogP contribution is 2.31. The molecule has 0 bridgehead atoms. The number of anilines is 1. The maximum Gasteiger partial charge on any atom is 0.417 e. The minimum Gasteiger partial charge on any atom is -0.396 e. The van der Waals surface area contributed by atoms with E-state index in [0.29, 0.717) is 5.65 Å². The van der Waals surface area contributed by atoms with E-state index in [1.54, 1.807) is 0 Å². The van der Waals surface area contributed by atoms with Crippen LogP contribution in [0.3, 0.4) is 0 Å². The van der Waals surface area contributed by atoms with Crippen molar-refractivity contribution in [3.05, 3.63) is 30.2 Å². The van der Waals surface area contributed by atoms with E-state index in [1.165, 1.54) is 16.8 Å². The van der Waals surface area contributed by atoms with Crippen molar-refractivity contribution in [2.24, 2.45) is 0 Å². The fraction of sp³-hybridized carbons (Fsp3) is 0.125. The van der Waals surface area contributed by atoms with Crippen LogP contribution in [0.5, 0.6) is 0 Å². The lowest BCUT2D eigenvalue weighted by Gasteiger charge is -2.08. The van der Waals surface area contributed by atoms with E-state index in [9.17, 15) is 13.2 Å². The lowest BCUT2D eigenvalue weighted by Crippen LogP contribution is -2.07. The van der Waals surface area contributed by atoms with E-state index in [1.807, 2.05) is 0 Å². The summed E-state index contributed by atoms with van der Waals surface area (Å²) in [5.41, 5.74) is 4.99. The third kappa shape index (κ3) is 1.28. The standard InChI is InChI=1S/C8H6F3N3/c9-8(10,11)5-3-6(12)7-13-1-2-14(7)4-5/h1-4H,12H2. The number of nitrogen functional groups attached to an aromatic ring is 1. The van der Waals surface area contributed by atoms with Gasteiger partial charge in [0.15, 0.2) is 5.65 Å². The van der Waals surface area contributed by atoms with Crippen molar-refractivity contribution in [3.8, 4) is 0 Å². The molecular formula is C8H6F3N3. The largest absolute Gasteiger partial charge is 0.417 e. The zero-order valence-corrected chi connectivity index (χ0v) is 6.92. The Bertz CT molecular complexity index is 472. The minimum atomic E-state index is -4.38. The van der Waals surface area contributed by atoms with E-state index in [4.69, 9.17) is 5.73 Å². The molecule has 0 aromatic carbocycles. The van der Waals surface area contributed by atoms with Gasteiger partial charge in [-0.2, -0.15) is 13.2 Å². The number of nitrogens with two attached hydrogens (primary N) is 1. The molecule has 14 heavy (non-hydrogen) atoms. The lowest BCUT2D eigenvalue weighted by molar-refractivity contribution is -0.137. The quantitative estimate of drug-likeness (QED) is 0.707. The summed E-state index contributed by atoms with van der Waals surface area (Å²) in [7, 11) is 0. The van der Waals surface area contributed by atoms with E-state index in [2.05, 4.69) is 4.98 Å². The van der Waals surface area contributed by atoms with Crippen LogP contribution in [0.15, 0.2) is 24.7 Å². The number of aromatic nitrogens is 2. The van der Waals surface area contributed by atoms with Crippen molar-refractivity contribution in [1.82, 2.24) is 9.38 Å². The molecule has 0 unspecified atom stereocenters. The predicted octanol–water partition coefficient (Wildman–Crippen LogP) is 1.94. The second-order valence-electron chi connectivity index (χ2n) is 2.84. The summed E-state index contributed by atoms with van der Waals surface area (Å²) >= 11 is 0. The molecule has 0 amide bonds. The Balaban J connectivity index is 2.70. The summed E-state index contributed by atoms with van der Waals surface area (Å²) in [5, 5.41) is 0. The molecule has 6 heteroatoms. The van der Waals surface area contributed by atoms with Gasteiger partial charge in [-0.05, 0) is 6.07 Å². The van der Waals surface area contributed by atoms with Gasteiger partial charge >= 0.3 is 6.18 Å². The van der Waals surface area contributed by atoms with Crippen LogP contribution in [0.25, 0.3) is 5.65 Å². The molecular weight excluding hydrogens is 195 g/mol. The highest BCUT2D eigenvalue weighted by Gasteiger charge is 2.31. The maximum absolute atomic E-state index is 12.3. The first-order valence-corrected chi connectivity index (χ1v) is 3.78. The molecule has 0 saturated carbocycles. The molecule has 2 rings (SSSR count). The molecule has 2 heterocycles. The van der Waals surface area contributed by atoms with Crippen molar-refractivity contribution in [2.75, 3.05) is 5.73 Å². The van der Waals surface area contributed by atoms with Crippen LogP contribution < -0.4 is 5.73 Å². The molecule has 0 aliphatic carbocycles. The van der Waals surface area contributed by atoms with Crippen molar-refractivity contribution >= 4 is 11.3 Å². The molecule has 0 radical (unpaired) electrons. The van der Waals surface area contributed by atoms with Gasteiger partial charge in [-0.1, -0.05) is 0 Å². The molecule has 0 aliphatic heterocycles. The number of nitrogens with zero attached hydrogens (tertiary/aromatic N) is 2. The second kappa shape index (κ2) is 2.63. The molecule has 0 atom stereocenters. The summed E-state index contributed by atoms with van der Waals surface area (Å²) in [5.74, 6) is 0. The average molecular weight is 201 g/mol. The molecule has 0 fully saturated rings. The zero-order valence-electron chi connectivity index (χ0n) is 6.92. The molecule has 2 N–H and O–H groups in total. The van der Waals surface area contributed by atoms with Gasteiger partial charge in [0.1, 0.15) is 0 Å². The van der Waals surface area contributed by atoms with Crippen LogP contribution in [-0.2, 0) is 6.18 Å². The summed E-state index contributed by atoms with van der Waals surface area (Å²) < 4.78 is 38.2. The molecule has 2 aromatic rings. The first kappa shape index (κ1) is 8.86. The Kier molecular flexibility index (Phi) is 1.67. The fourth-order valence-corrected chi connectivity index (χ4v) is 1.22. The highest BCUT2D eigenvalue weighted by atomic mass is 19.4. The van der Waals surface area contributed by atoms with Crippen LogP contribution in [0.1, 0.15) is 5.56 Å². The normalized spacial score (nSPS) is 12.2. The van der Waals surface area contributed by atoms with Gasteiger partial charge in [-0.15, -0.1) is 0 Å². The Hall–Kier alpha value is -1.72. The number of halogens is 3. The van der Waals surface area contributed by atoms with Crippen molar-refractivity contribution in [1.29, 1.82) is 0 Å². The topological polar surface area (TPSA) is 43.3 Å². The average Bonchev–Trinajstić information content (AvgIpc) is 2.50. The highest BCUT2D eigenvalue weighted by molar-refractivity contribution is 5.65. The molecule has 0 aliphatic rings. The van der Waals surface area contributed by atoms with E-state index >= 15 is 0 Å². The number of rotatable bonds is 0. The predicted molar refractivity (Wildman–Crippen MR) is 44.6 cm³/mol. The van der Waals surface area contributed by atoms with Crippen LogP contribution in [-0.4, -0.2) is 9.38 Å². The third-order valence-electron chi connectivity index (χ3n) is 1.84. The van der Waals surface area contributed by atoms with Gasteiger partial charge in [-0.3, -0.25) is 0 Å². The second-order valence-corrected chi connectivity index (χ2v) is 2.84. The number of hydrogen-bond acceptors (Lipinski definition) is 2. The monoisotopic (exact) mass is 201 g/mol. The first-order chi connectivity index (χ1) is 6.48. The Morgan fingerprint density at radius 1 is 1.36 bits per heavy atom. The number of alkyl halides is 3. The maximum atomic E-state index is 12.3. The number of fused-ring (bicyclic) bond motifs is 1. The van der Waals surface area contributed by atoms with Gasteiger partial charge in [0.25, 0.3) is 0 Å². The Morgan fingerprint density at radius 2 is 2.07 bits per heavy atom. The van der Waals surface area contributed by atoms with Crippen molar-refractivity contribution in [3.63, 3.8) is 0 Å². The van der Waals surface area contributed by atoms with Gasteiger partial charge < -0.3 is 10.1 Å². The third-order valence-corrected chi connectivity index (χ3v) is 1.84. The molecule has 2 aromatic heterocycles. The Labute approximate surface area is 77.0 Å². The van der Waals surface area contributed by atoms with Crippen molar-refractivity contribution < 1.29 is 13.2 Å². The van der Waals surface area contributed by atoms with Gasteiger partial charge in [-0.25, -0.2) is 4.98 Å². The smallest absolute Gasteiger partial charge is 0.396 e. The van der Waals surface area contributed by atoms with Crippen molar-refractivity contribution in [2.45, 2.75) is 6.18 Å². The van der Waals surface area contributed by atoms with Crippen LogP contribution in [0, 0.1) is 0 Å². The van der Waals surface area contributed by atoms with Crippen LogP contribution >= 0.6 is 0 Å². The number of hydrogen-bond donors (Lipinski definition) is 1. The lowest BCUT2D eigenvalue weighted by atomic mass is 10.2. The Morgan fingerprint density at radius 3 is 2.71 bits per heavy atom. The first-order valence-electron chi connectivity index (χ1n) is 3.78.